The molecule has 4 aromatic rings. The molecule has 0 saturated heterocycles. The van der Waals surface area contributed by atoms with Gasteiger partial charge in [0.1, 0.15) is 5.75 Å². The van der Waals surface area contributed by atoms with E-state index in [2.05, 4.69) is 10.1 Å². The lowest BCUT2D eigenvalue weighted by atomic mass is 9.82. The average Bonchev–Trinajstić information content (AvgIpc) is 3.35. The first-order chi connectivity index (χ1) is 16.6. The highest BCUT2D eigenvalue weighted by Gasteiger charge is 2.33. The lowest BCUT2D eigenvalue weighted by Gasteiger charge is -2.19. The Morgan fingerprint density at radius 3 is 2.29 bits per heavy atom. The van der Waals surface area contributed by atoms with E-state index < -0.39 is 11.8 Å². The molecule has 0 amide bonds. The van der Waals surface area contributed by atoms with Crippen molar-refractivity contribution < 1.29 is 28.4 Å². The Bertz CT molecular complexity index is 1440. The van der Waals surface area contributed by atoms with Gasteiger partial charge >= 0.3 is 5.97 Å². The Balaban J connectivity index is 1.37. The van der Waals surface area contributed by atoms with Gasteiger partial charge in [0.25, 0.3) is 5.89 Å². The van der Waals surface area contributed by atoms with E-state index >= 15 is 0 Å². The minimum atomic E-state index is -0.771. The first-order valence-electron chi connectivity index (χ1n) is 10.6. The van der Waals surface area contributed by atoms with Gasteiger partial charge in [0.05, 0.1) is 17.7 Å². The topological polar surface area (TPSA) is 109 Å². The minimum absolute atomic E-state index is 0.00628. The summed E-state index contributed by atoms with van der Waals surface area (Å²) in [6, 6.07) is 18.3. The van der Waals surface area contributed by atoms with Gasteiger partial charge in [0, 0.05) is 22.3 Å². The maximum absolute atomic E-state index is 13.1. The molecule has 1 aliphatic rings. The van der Waals surface area contributed by atoms with Gasteiger partial charge in [0.2, 0.25) is 5.82 Å². The molecule has 8 nitrogen and oxygen atoms in total. The Labute approximate surface area is 194 Å². The first-order valence-corrected chi connectivity index (χ1v) is 10.6. The number of aromatic nitrogens is 2. The quantitative estimate of drug-likeness (QED) is 0.350. The predicted octanol–water partition coefficient (Wildman–Crippen LogP) is 4.27. The van der Waals surface area contributed by atoms with Crippen molar-refractivity contribution in [1.82, 2.24) is 10.1 Å². The number of carbonyl (C=O) groups is 3. The largest absolute Gasteiger partial charge is 0.493 e. The molecule has 168 valence electrons. The molecule has 8 heteroatoms. The SMILES string of the molecule is CCOc1ccccc1-c1noc(COC(=O)c2cccc3c2C(=O)c2ccccc2C3=O)n1. The third kappa shape index (κ3) is 3.65. The van der Waals surface area contributed by atoms with Crippen LogP contribution in [0.1, 0.15) is 55.0 Å². The minimum Gasteiger partial charge on any atom is -0.493 e. The van der Waals surface area contributed by atoms with Gasteiger partial charge in [-0.05, 0) is 25.1 Å². The van der Waals surface area contributed by atoms with E-state index in [4.69, 9.17) is 14.0 Å². The molecule has 0 saturated carbocycles. The summed E-state index contributed by atoms with van der Waals surface area (Å²) in [4.78, 5) is 43.1. The molecule has 5 rings (SSSR count). The molecule has 3 aromatic carbocycles. The van der Waals surface area contributed by atoms with Crippen molar-refractivity contribution in [2.75, 3.05) is 6.61 Å². The number of ketones is 2. The summed E-state index contributed by atoms with van der Waals surface area (Å²) < 4.78 is 16.2. The zero-order valence-corrected chi connectivity index (χ0v) is 18.1. The normalized spacial score (nSPS) is 12.1. The Morgan fingerprint density at radius 1 is 0.853 bits per heavy atom. The van der Waals surface area contributed by atoms with Crippen molar-refractivity contribution in [3.8, 4) is 17.1 Å². The molecule has 0 spiro atoms. The number of hydrogen-bond acceptors (Lipinski definition) is 8. The third-order valence-electron chi connectivity index (χ3n) is 5.40. The smallest absolute Gasteiger partial charge is 0.339 e. The van der Waals surface area contributed by atoms with Crippen LogP contribution in [0.25, 0.3) is 11.4 Å². The fourth-order valence-electron chi connectivity index (χ4n) is 3.88. The summed E-state index contributed by atoms with van der Waals surface area (Å²) in [6.45, 7) is 2.05. The van der Waals surface area contributed by atoms with E-state index in [9.17, 15) is 14.4 Å². The number of fused-ring (bicyclic) bond motifs is 2. The third-order valence-corrected chi connectivity index (χ3v) is 5.40. The summed E-state index contributed by atoms with van der Waals surface area (Å²) in [5.41, 5.74) is 1.43. The average molecular weight is 454 g/mol. The molecular weight excluding hydrogens is 436 g/mol. The van der Waals surface area contributed by atoms with E-state index in [-0.39, 0.29) is 40.5 Å². The summed E-state index contributed by atoms with van der Waals surface area (Å²) in [7, 11) is 0. The summed E-state index contributed by atoms with van der Waals surface area (Å²) in [6.07, 6.45) is 0. The molecule has 0 radical (unpaired) electrons. The highest BCUT2D eigenvalue weighted by molar-refractivity contribution is 6.30. The second-order valence-corrected chi connectivity index (χ2v) is 7.45. The Kier molecular flexibility index (Phi) is 5.47. The van der Waals surface area contributed by atoms with Crippen molar-refractivity contribution in [3.05, 3.63) is 100 Å². The van der Waals surface area contributed by atoms with E-state index in [1.807, 2.05) is 19.1 Å². The highest BCUT2D eigenvalue weighted by atomic mass is 16.6. The number of para-hydroxylation sites is 1. The molecule has 0 aliphatic heterocycles. The van der Waals surface area contributed by atoms with Gasteiger partial charge in [-0.1, -0.05) is 53.7 Å². The van der Waals surface area contributed by atoms with Crippen LogP contribution in [0.2, 0.25) is 0 Å². The van der Waals surface area contributed by atoms with E-state index in [1.165, 1.54) is 12.1 Å². The number of hydrogen-bond donors (Lipinski definition) is 0. The zero-order chi connectivity index (χ0) is 23.7. The van der Waals surface area contributed by atoms with Crippen LogP contribution in [-0.4, -0.2) is 34.3 Å². The zero-order valence-electron chi connectivity index (χ0n) is 18.1. The van der Waals surface area contributed by atoms with Gasteiger partial charge in [0.15, 0.2) is 18.2 Å². The van der Waals surface area contributed by atoms with Crippen molar-refractivity contribution >= 4 is 17.5 Å². The van der Waals surface area contributed by atoms with Crippen molar-refractivity contribution in [2.45, 2.75) is 13.5 Å². The van der Waals surface area contributed by atoms with Crippen molar-refractivity contribution in [3.63, 3.8) is 0 Å². The second-order valence-electron chi connectivity index (χ2n) is 7.45. The second kappa shape index (κ2) is 8.74. The molecule has 0 unspecified atom stereocenters. The van der Waals surface area contributed by atoms with Gasteiger partial charge < -0.3 is 14.0 Å². The summed E-state index contributed by atoms with van der Waals surface area (Å²) in [5.74, 6) is -0.503. The molecule has 0 N–H and O–H groups in total. The van der Waals surface area contributed by atoms with Gasteiger partial charge in [-0.15, -0.1) is 0 Å². The van der Waals surface area contributed by atoms with Crippen LogP contribution >= 0.6 is 0 Å². The monoisotopic (exact) mass is 454 g/mol. The predicted molar refractivity (Wildman–Crippen MR) is 120 cm³/mol. The van der Waals surface area contributed by atoms with Crippen LogP contribution in [0.15, 0.2) is 71.3 Å². The Hall–Kier alpha value is -4.59. The standard InChI is InChI=1S/C26H18N2O6/c1-2-32-20-13-6-5-10-17(20)25-27-21(34-28-25)14-33-26(31)19-12-7-11-18-22(19)24(30)16-9-4-3-8-15(16)23(18)29/h3-13H,2,14H2,1H3. The Morgan fingerprint density at radius 2 is 1.53 bits per heavy atom. The molecule has 1 aromatic heterocycles. The molecule has 1 aliphatic carbocycles. The molecule has 0 bridgehead atoms. The van der Waals surface area contributed by atoms with Gasteiger partial charge in [-0.2, -0.15) is 4.98 Å². The lowest BCUT2D eigenvalue weighted by molar-refractivity contribution is 0.0427. The molecular formula is C26H18N2O6. The van der Waals surface area contributed by atoms with Crippen molar-refractivity contribution in [2.24, 2.45) is 0 Å². The van der Waals surface area contributed by atoms with E-state index in [0.717, 1.165) is 0 Å². The summed E-state index contributed by atoms with van der Waals surface area (Å²) in [5, 5.41) is 3.94. The molecule has 0 atom stereocenters. The van der Waals surface area contributed by atoms with Gasteiger partial charge in [-0.25, -0.2) is 4.79 Å². The van der Waals surface area contributed by atoms with Crippen LogP contribution in [0, 0.1) is 0 Å². The summed E-state index contributed by atoms with van der Waals surface area (Å²) >= 11 is 0. The molecule has 1 heterocycles. The number of benzene rings is 3. The highest BCUT2D eigenvalue weighted by Crippen LogP contribution is 2.30. The van der Waals surface area contributed by atoms with Crippen LogP contribution in [-0.2, 0) is 11.3 Å². The number of rotatable bonds is 6. The number of carbonyl (C=O) groups excluding carboxylic acids is 3. The van der Waals surface area contributed by atoms with Gasteiger partial charge in [-0.3, -0.25) is 9.59 Å². The molecule has 0 fully saturated rings. The number of esters is 1. The van der Waals surface area contributed by atoms with Crippen LogP contribution in [0.3, 0.4) is 0 Å². The number of ether oxygens (including phenoxy) is 2. The van der Waals surface area contributed by atoms with E-state index in [0.29, 0.717) is 29.3 Å². The van der Waals surface area contributed by atoms with Crippen LogP contribution in [0.5, 0.6) is 5.75 Å². The van der Waals surface area contributed by atoms with Crippen LogP contribution < -0.4 is 4.74 Å². The fourth-order valence-corrected chi connectivity index (χ4v) is 3.88. The number of nitrogens with zero attached hydrogens (tertiary/aromatic N) is 2. The van der Waals surface area contributed by atoms with E-state index in [1.54, 1.807) is 42.5 Å². The van der Waals surface area contributed by atoms with Crippen molar-refractivity contribution in [1.29, 1.82) is 0 Å². The van der Waals surface area contributed by atoms with Crippen LogP contribution in [0.4, 0.5) is 0 Å². The fraction of sp³-hybridized carbons (Fsp3) is 0.115. The molecule has 34 heavy (non-hydrogen) atoms. The first kappa shape index (κ1) is 21.3. The maximum atomic E-state index is 13.1. The lowest BCUT2D eigenvalue weighted by Crippen LogP contribution is -2.24. The maximum Gasteiger partial charge on any atom is 0.339 e.